The zero-order valence-electron chi connectivity index (χ0n) is 18.7. The van der Waals surface area contributed by atoms with Crippen molar-refractivity contribution >= 4 is 22.6 Å². The Labute approximate surface area is 194 Å². The van der Waals surface area contributed by atoms with Crippen LogP contribution in [-0.2, 0) is 13.0 Å². The molecule has 0 atom stereocenters. The van der Waals surface area contributed by atoms with Crippen LogP contribution in [-0.4, -0.2) is 29.1 Å². The lowest BCUT2D eigenvalue weighted by atomic mass is 9.91. The van der Waals surface area contributed by atoms with E-state index in [4.69, 9.17) is 4.52 Å². The first-order valence-electron chi connectivity index (χ1n) is 11.8. The van der Waals surface area contributed by atoms with Gasteiger partial charge in [-0.3, -0.25) is 9.69 Å². The fraction of sp³-hybridized carbons (Fsp3) is 0.286. The second-order valence-corrected chi connectivity index (χ2v) is 8.90. The van der Waals surface area contributed by atoms with E-state index in [0.29, 0.717) is 11.5 Å². The second kappa shape index (κ2) is 10.0. The van der Waals surface area contributed by atoms with E-state index in [1.807, 2.05) is 48.5 Å². The predicted octanol–water partition coefficient (Wildman–Crippen LogP) is 5.92. The molecule has 5 nitrogen and oxygen atoms in total. The Balaban J connectivity index is 1.17. The molecule has 0 bridgehead atoms. The zero-order valence-corrected chi connectivity index (χ0v) is 18.7. The third-order valence-electron chi connectivity index (χ3n) is 6.58. The molecule has 4 aromatic rings. The molecule has 1 N–H and O–H groups in total. The molecule has 5 rings (SSSR count). The van der Waals surface area contributed by atoms with E-state index in [1.54, 1.807) is 0 Å². The predicted molar refractivity (Wildman–Crippen MR) is 131 cm³/mol. The first kappa shape index (κ1) is 21.4. The molecule has 5 heteroatoms. The topological polar surface area (TPSA) is 58.4 Å². The third-order valence-corrected chi connectivity index (χ3v) is 6.58. The molecule has 1 aliphatic rings. The van der Waals surface area contributed by atoms with Crippen molar-refractivity contribution < 1.29 is 9.32 Å². The SMILES string of the molecule is O=C(Nc1ccc2onc(CCC3CCN(Cc4ccccc4)CC3)c2c1)c1ccccc1. The van der Waals surface area contributed by atoms with Crippen LogP contribution in [0, 0.1) is 5.92 Å². The molecule has 1 saturated heterocycles. The van der Waals surface area contributed by atoms with Gasteiger partial charge in [0.25, 0.3) is 5.91 Å². The summed E-state index contributed by atoms with van der Waals surface area (Å²) in [6, 6.07) is 25.7. The number of carbonyl (C=O) groups excluding carboxylic acids is 1. The van der Waals surface area contributed by atoms with Crippen LogP contribution in [0.4, 0.5) is 5.69 Å². The van der Waals surface area contributed by atoms with Gasteiger partial charge < -0.3 is 9.84 Å². The molecule has 0 saturated carbocycles. The number of piperidine rings is 1. The molecule has 2 heterocycles. The van der Waals surface area contributed by atoms with E-state index in [2.05, 4.69) is 45.7 Å². The number of nitrogens with one attached hydrogen (secondary N) is 1. The van der Waals surface area contributed by atoms with E-state index in [1.165, 1.54) is 18.4 Å². The van der Waals surface area contributed by atoms with E-state index < -0.39 is 0 Å². The molecule has 0 radical (unpaired) electrons. The standard InChI is InChI=1S/C28H29N3O2/c32-28(23-9-5-2-6-10-23)29-24-12-14-27-25(19-24)26(30-33-27)13-11-21-15-17-31(18-16-21)20-22-7-3-1-4-8-22/h1-10,12,14,19,21H,11,13,15-18,20H2,(H,29,32). The zero-order chi connectivity index (χ0) is 22.5. The lowest BCUT2D eigenvalue weighted by Gasteiger charge is -2.31. The van der Waals surface area contributed by atoms with Crippen molar-refractivity contribution in [3.05, 3.63) is 95.7 Å². The number of anilines is 1. The first-order valence-corrected chi connectivity index (χ1v) is 11.8. The summed E-state index contributed by atoms with van der Waals surface area (Å²) in [6.07, 6.45) is 4.45. The van der Waals surface area contributed by atoms with Gasteiger partial charge in [0.2, 0.25) is 0 Å². The molecule has 3 aromatic carbocycles. The van der Waals surface area contributed by atoms with Gasteiger partial charge in [0.05, 0.1) is 5.69 Å². The minimum absolute atomic E-state index is 0.116. The van der Waals surface area contributed by atoms with Gasteiger partial charge in [-0.25, -0.2) is 0 Å². The molecule has 0 aliphatic carbocycles. The molecular formula is C28H29N3O2. The first-order chi connectivity index (χ1) is 16.2. The highest BCUT2D eigenvalue weighted by atomic mass is 16.5. The van der Waals surface area contributed by atoms with Gasteiger partial charge in [0, 0.05) is 23.2 Å². The third kappa shape index (κ3) is 5.32. The Morgan fingerprint density at radius 1 is 0.970 bits per heavy atom. The number of rotatable bonds is 7. The van der Waals surface area contributed by atoms with Crippen LogP contribution in [0.25, 0.3) is 11.0 Å². The van der Waals surface area contributed by atoms with Gasteiger partial charge in [-0.2, -0.15) is 0 Å². The number of aromatic nitrogens is 1. The van der Waals surface area contributed by atoms with Crippen LogP contribution in [0.15, 0.2) is 83.4 Å². The van der Waals surface area contributed by atoms with Crippen LogP contribution in [0.2, 0.25) is 0 Å². The molecule has 1 amide bonds. The Bertz CT molecular complexity index is 1200. The minimum atomic E-state index is -0.116. The number of amides is 1. The highest BCUT2D eigenvalue weighted by Gasteiger charge is 2.20. The molecule has 1 fully saturated rings. The fourth-order valence-corrected chi connectivity index (χ4v) is 4.66. The van der Waals surface area contributed by atoms with E-state index >= 15 is 0 Å². The van der Waals surface area contributed by atoms with Crippen LogP contribution < -0.4 is 5.32 Å². The summed E-state index contributed by atoms with van der Waals surface area (Å²) in [5.41, 5.74) is 4.53. The van der Waals surface area contributed by atoms with Gasteiger partial charge in [-0.05, 0) is 80.6 Å². The lowest BCUT2D eigenvalue weighted by molar-refractivity contribution is 0.102. The van der Waals surface area contributed by atoms with Crippen molar-refractivity contribution in [1.29, 1.82) is 0 Å². The van der Waals surface area contributed by atoms with Crippen molar-refractivity contribution in [3.8, 4) is 0 Å². The van der Waals surface area contributed by atoms with Gasteiger partial charge >= 0.3 is 0 Å². The number of hydrogen-bond donors (Lipinski definition) is 1. The molecule has 1 aliphatic heterocycles. The summed E-state index contributed by atoms with van der Waals surface area (Å²) in [7, 11) is 0. The van der Waals surface area contributed by atoms with Crippen molar-refractivity contribution in [1.82, 2.24) is 10.1 Å². The summed E-state index contributed by atoms with van der Waals surface area (Å²) < 4.78 is 5.55. The van der Waals surface area contributed by atoms with Gasteiger partial charge in [-0.1, -0.05) is 53.7 Å². The van der Waals surface area contributed by atoms with Crippen molar-refractivity contribution in [3.63, 3.8) is 0 Å². The number of likely N-dealkylation sites (tertiary alicyclic amines) is 1. The fourth-order valence-electron chi connectivity index (χ4n) is 4.66. The molecular weight excluding hydrogens is 410 g/mol. The summed E-state index contributed by atoms with van der Waals surface area (Å²) >= 11 is 0. The monoisotopic (exact) mass is 439 g/mol. The lowest BCUT2D eigenvalue weighted by Crippen LogP contribution is -2.33. The van der Waals surface area contributed by atoms with Crippen molar-refractivity contribution in [2.24, 2.45) is 5.92 Å². The molecule has 33 heavy (non-hydrogen) atoms. The number of hydrogen-bond acceptors (Lipinski definition) is 4. The Morgan fingerprint density at radius 2 is 1.70 bits per heavy atom. The average Bonchev–Trinajstić information content (AvgIpc) is 3.27. The number of fused-ring (bicyclic) bond motifs is 1. The number of aryl methyl sites for hydroxylation is 1. The maximum atomic E-state index is 12.5. The van der Waals surface area contributed by atoms with E-state index in [-0.39, 0.29) is 5.91 Å². The van der Waals surface area contributed by atoms with E-state index in [0.717, 1.165) is 54.8 Å². The summed E-state index contributed by atoms with van der Waals surface area (Å²) in [4.78, 5) is 15.0. The van der Waals surface area contributed by atoms with Crippen LogP contribution in [0.1, 0.15) is 40.9 Å². The second-order valence-electron chi connectivity index (χ2n) is 8.90. The summed E-state index contributed by atoms with van der Waals surface area (Å²) in [6.45, 7) is 3.34. The average molecular weight is 440 g/mol. The van der Waals surface area contributed by atoms with Gasteiger partial charge in [0.15, 0.2) is 5.58 Å². The van der Waals surface area contributed by atoms with Crippen LogP contribution in [0.5, 0.6) is 0 Å². The maximum Gasteiger partial charge on any atom is 0.255 e. The van der Waals surface area contributed by atoms with Crippen molar-refractivity contribution in [2.75, 3.05) is 18.4 Å². The Hall–Kier alpha value is -3.44. The Kier molecular flexibility index (Phi) is 6.49. The summed E-state index contributed by atoms with van der Waals surface area (Å²) in [5.74, 6) is 0.597. The van der Waals surface area contributed by atoms with Crippen LogP contribution in [0.3, 0.4) is 0 Å². The van der Waals surface area contributed by atoms with Crippen molar-refractivity contribution in [2.45, 2.75) is 32.2 Å². The number of benzene rings is 3. The van der Waals surface area contributed by atoms with Crippen LogP contribution >= 0.6 is 0 Å². The highest BCUT2D eigenvalue weighted by Crippen LogP contribution is 2.27. The number of nitrogens with zero attached hydrogens (tertiary/aromatic N) is 2. The quantitative estimate of drug-likeness (QED) is 0.388. The smallest absolute Gasteiger partial charge is 0.255 e. The normalized spacial score (nSPS) is 15.0. The Morgan fingerprint density at radius 3 is 2.45 bits per heavy atom. The van der Waals surface area contributed by atoms with E-state index in [9.17, 15) is 4.79 Å². The summed E-state index contributed by atoms with van der Waals surface area (Å²) in [5, 5.41) is 8.30. The minimum Gasteiger partial charge on any atom is -0.356 e. The molecule has 0 unspecified atom stereocenters. The van der Waals surface area contributed by atoms with Gasteiger partial charge in [-0.15, -0.1) is 0 Å². The van der Waals surface area contributed by atoms with Gasteiger partial charge in [0.1, 0.15) is 0 Å². The maximum absolute atomic E-state index is 12.5. The molecule has 0 spiro atoms. The highest BCUT2D eigenvalue weighted by molar-refractivity contribution is 6.05. The number of carbonyl (C=O) groups is 1. The largest absolute Gasteiger partial charge is 0.356 e. The molecule has 1 aromatic heterocycles. The molecule has 168 valence electrons.